The van der Waals surface area contributed by atoms with Crippen molar-refractivity contribution in [1.82, 2.24) is 71.0 Å². The van der Waals surface area contributed by atoms with E-state index in [-0.39, 0.29) is 86.0 Å². The highest BCUT2D eigenvalue weighted by Gasteiger charge is 2.57. The fraction of sp³-hybridized carbons (Fsp3) is 0.441. The zero-order valence-electron chi connectivity index (χ0n) is 83.8. The number of aryl methyl sites for hydroxylation is 1. The first kappa shape index (κ1) is 103. The molecule has 20 rings (SSSR count). The van der Waals surface area contributed by atoms with Gasteiger partial charge in [-0.15, -0.1) is 0 Å². The summed E-state index contributed by atoms with van der Waals surface area (Å²) >= 11 is 0. The third-order valence-electron chi connectivity index (χ3n) is 32.9. The minimum atomic E-state index is -4.45. The summed E-state index contributed by atoms with van der Waals surface area (Å²) in [7, 11) is 22.8. The summed E-state index contributed by atoms with van der Waals surface area (Å²) in [5.41, 5.74) is 6.74. The zero-order chi connectivity index (χ0) is 102. The van der Waals surface area contributed by atoms with E-state index in [2.05, 4.69) is 263 Å². The molecule has 0 bridgehead atoms. The van der Waals surface area contributed by atoms with E-state index in [1.54, 1.807) is 53.7 Å². The van der Waals surface area contributed by atoms with Crippen molar-refractivity contribution in [2.24, 2.45) is 0 Å². The van der Waals surface area contributed by atoms with Crippen molar-refractivity contribution in [3.05, 3.63) is 299 Å². The van der Waals surface area contributed by atoms with Crippen LogP contribution in [0.3, 0.4) is 0 Å². The molecule has 10 aromatic rings. The van der Waals surface area contributed by atoms with Gasteiger partial charge in [0.1, 0.15) is 17.7 Å². The number of urea groups is 5. The third-order valence-corrected chi connectivity index (χ3v) is 32.9. The van der Waals surface area contributed by atoms with E-state index >= 15 is 0 Å². The van der Waals surface area contributed by atoms with E-state index in [1.807, 2.05) is 66.4 Å². The van der Waals surface area contributed by atoms with Gasteiger partial charge in [0.05, 0.1) is 108 Å². The zero-order valence-corrected chi connectivity index (χ0v) is 83.8. The molecule has 10 fully saturated rings. The van der Waals surface area contributed by atoms with E-state index in [9.17, 15) is 50.3 Å². The summed E-state index contributed by atoms with van der Waals surface area (Å²) in [6.45, 7) is 4.78. The molecule has 0 atom stereocenters. The molecular weight excluding hydrogens is 1820 g/mol. The number of ether oxygens (including phenoxy) is 1. The van der Waals surface area contributed by atoms with Crippen LogP contribution in [0.5, 0.6) is 5.88 Å². The molecule has 5 saturated heterocycles. The highest BCUT2D eigenvalue weighted by Crippen LogP contribution is 2.54. The van der Waals surface area contributed by atoms with Gasteiger partial charge in [-0.2, -0.15) is 31.6 Å². The van der Waals surface area contributed by atoms with Gasteiger partial charge in [0.25, 0.3) is 0 Å². The molecule has 6 aromatic carbocycles. The van der Waals surface area contributed by atoms with Gasteiger partial charge in [-0.1, -0.05) is 164 Å². The molecule has 143 heavy (non-hydrogen) atoms. The Balaban J connectivity index is 0.000000128. The molecule has 0 unspecified atom stereocenters. The van der Waals surface area contributed by atoms with Crippen LogP contribution in [0.2, 0.25) is 0 Å². The number of alkyl halides is 6. The summed E-state index contributed by atoms with van der Waals surface area (Å²) in [4.78, 5) is 99.9. The molecule has 754 valence electrons. The Morgan fingerprint density at radius 2 is 0.664 bits per heavy atom. The minimum absolute atomic E-state index is 0.00701. The summed E-state index contributed by atoms with van der Waals surface area (Å²) < 4.78 is 82.8. The highest BCUT2D eigenvalue weighted by atomic mass is 19.4. The predicted molar refractivity (Wildman–Crippen MR) is 544 cm³/mol. The van der Waals surface area contributed by atoms with E-state index < -0.39 is 34.6 Å². The molecule has 4 aromatic heterocycles. The molecular formula is C111H132F6N20O6. The number of halogens is 6. The van der Waals surface area contributed by atoms with Crippen molar-refractivity contribution in [3.63, 3.8) is 0 Å². The molecule has 10 aliphatic rings. The summed E-state index contributed by atoms with van der Waals surface area (Å²) in [5.74, 6) is 1.57. The van der Waals surface area contributed by atoms with Crippen molar-refractivity contribution < 1.29 is 55.1 Å². The Bertz CT molecular complexity index is 6120. The number of nitriles is 1. The van der Waals surface area contributed by atoms with Crippen LogP contribution in [-0.4, -0.2) is 213 Å². The number of carbonyl (C=O) groups excluding carboxylic acids is 5. The number of rotatable bonds is 16. The maximum absolute atomic E-state index is 13.1. The number of methoxy groups -OCH3 is 1. The Morgan fingerprint density at radius 3 is 0.979 bits per heavy atom. The number of nitrogens with zero attached hydrogens (tertiary/aromatic N) is 15. The maximum atomic E-state index is 13.1. The molecule has 32 heteroatoms. The lowest BCUT2D eigenvalue weighted by atomic mass is 9.69. The van der Waals surface area contributed by atoms with Crippen LogP contribution in [0, 0.1) is 18.3 Å². The van der Waals surface area contributed by atoms with Crippen molar-refractivity contribution in [1.29, 1.82) is 5.26 Å². The standard InChI is InChI=1S/C23H26F3N3O.C22H25F3N4O.C22H25N5O.C22H28N4O2.C22H28N4O/c1-28(2)22(17-7-4-3-5-8-17)13-11-21(12-14-22)16-29(20(30)27-21)19-10-6-9-18(15-19)23(24,25)26;1-28(2)21(16-6-4-3-5-7-16)12-10-20(11-13-21)15-29(19(30)27-20)18-9-8-17(14-26-18)22(23,24)25;1-26(2)22(18-6-4-3-5-7-18)10-8-21(9-11-22)16-27(20(28)25-21)19-12-17(13-23)14-24-15-19;1-25(2)22(17-7-5-4-6-8-17)13-11-21(12-14-22)16-26(20(27)24-21)18-9-10-19(28-3)23-15-18;1-17-8-7-15-23-19(17)26-16-21(24-20(26)27)11-13-22(14-12-21,25(2)3)18-9-5-4-6-10-18/h3-10,15H,11-14,16H2,1-2H3,(H,27,30);3-9,14H,10-13,15H2,1-2H3,(H,27,30);3-7,12,14-15H,8-11,16H2,1-2H3,(H,25,28);4-10,15H,11-14,16H2,1-3H3,(H,24,27);4-10,15H,11-14,16H2,1-3H3,(H,24,27). The number of nitrogens with one attached hydrogen (secondary N) is 5. The number of aromatic nitrogens is 4. The lowest BCUT2D eigenvalue weighted by Crippen LogP contribution is -2.54. The average Bonchev–Trinajstić information content (AvgIpc) is 1.66. The summed E-state index contributed by atoms with van der Waals surface area (Å²) in [5, 5.41) is 25.1. The lowest BCUT2D eigenvalue weighted by Gasteiger charge is -2.48. The van der Waals surface area contributed by atoms with Gasteiger partial charge in [0.2, 0.25) is 5.88 Å². The van der Waals surface area contributed by atoms with Gasteiger partial charge in [-0.05, 0) is 288 Å². The number of pyridine rings is 4. The summed E-state index contributed by atoms with van der Waals surface area (Å²) in [6, 6.07) is 70.7. The van der Waals surface area contributed by atoms with E-state index in [4.69, 9.17) is 10.00 Å². The lowest BCUT2D eigenvalue weighted by molar-refractivity contribution is -0.138. The number of anilines is 5. The SMILES string of the molecule is CN(C)C1(c2ccccc2)CCC2(CC1)CN(c1ccc(C(F)(F)F)cn1)C(=O)N2.CN(C)C1(c2ccccc2)CCC2(CC1)CN(c1cccc(C(F)(F)F)c1)C(=O)N2.CN(C)C1(c2ccccc2)CCC2(CC1)CN(c1cncc(C#N)c1)C(=O)N2.COc1ccc(N2CC3(CCC(c4ccccc4)(N(C)C)CC3)NC2=O)cn1.Cc1cccnc1N1CC2(CCC(c3ccccc3)(N(C)C)CC2)NC1=O. The average molecular weight is 1960 g/mol. The second-order valence-electron chi connectivity index (χ2n) is 41.6. The molecule has 5 aliphatic heterocycles. The van der Waals surface area contributed by atoms with Gasteiger partial charge >= 0.3 is 42.5 Å². The van der Waals surface area contributed by atoms with Gasteiger partial charge in [0, 0.05) is 58.0 Å². The molecule has 5 aliphatic carbocycles. The maximum Gasteiger partial charge on any atom is 0.417 e. The van der Waals surface area contributed by atoms with E-state index in [0.717, 1.165) is 170 Å². The number of carbonyl (C=O) groups is 5. The monoisotopic (exact) mass is 1960 g/mol. The second kappa shape index (κ2) is 41.3. The van der Waals surface area contributed by atoms with Crippen molar-refractivity contribution in [3.8, 4) is 11.9 Å². The molecule has 5 saturated carbocycles. The second-order valence-corrected chi connectivity index (χ2v) is 41.6. The molecule has 10 amide bonds. The number of hydrogen-bond acceptors (Lipinski definition) is 16. The summed E-state index contributed by atoms with van der Waals surface area (Å²) in [6.07, 6.45) is 16.8. The smallest absolute Gasteiger partial charge is 0.417 e. The van der Waals surface area contributed by atoms with E-state index in [0.29, 0.717) is 49.9 Å². The predicted octanol–water partition coefficient (Wildman–Crippen LogP) is 19.7. The van der Waals surface area contributed by atoms with Crippen LogP contribution in [-0.2, 0) is 40.0 Å². The first-order valence-corrected chi connectivity index (χ1v) is 49.3. The third kappa shape index (κ3) is 21.1. The quantitative estimate of drug-likeness (QED) is 0.0563. The molecule has 26 nitrogen and oxygen atoms in total. The van der Waals surface area contributed by atoms with Crippen LogP contribution < -0.4 is 55.8 Å². The van der Waals surface area contributed by atoms with Crippen molar-refractivity contribution in [2.45, 2.75) is 203 Å². The van der Waals surface area contributed by atoms with Gasteiger partial charge < -0.3 is 31.3 Å². The largest absolute Gasteiger partial charge is 0.481 e. The first-order valence-electron chi connectivity index (χ1n) is 49.3. The fourth-order valence-electron chi connectivity index (χ4n) is 24.0. The van der Waals surface area contributed by atoms with Gasteiger partial charge in [-0.3, -0.25) is 54.0 Å². The van der Waals surface area contributed by atoms with Gasteiger partial charge in [-0.25, -0.2) is 38.9 Å². The molecule has 5 spiro atoms. The minimum Gasteiger partial charge on any atom is -0.481 e. The molecule has 9 heterocycles. The highest BCUT2D eigenvalue weighted by molar-refractivity contribution is 5.98. The normalized spacial score (nSPS) is 27.3. The van der Waals surface area contributed by atoms with Crippen LogP contribution in [0.15, 0.2) is 249 Å². The van der Waals surface area contributed by atoms with Gasteiger partial charge in [0.15, 0.2) is 0 Å². The Kier molecular flexibility index (Phi) is 29.7. The number of amides is 10. The molecule has 5 N–H and O–H groups in total. The topological polar surface area (TPSA) is 262 Å². The van der Waals surface area contributed by atoms with Crippen LogP contribution in [0.1, 0.15) is 178 Å². The Morgan fingerprint density at radius 1 is 0.329 bits per heavy atom. The first-order chi connectivity index (χ1) is 68.2. The number of hydrogen-bond donors (Lipinski definition) is 5. The van der Waals surface area contributed by atoms with Crippen molar-refractivity contribution in [2.75, 3.05) is 135 Å². The van der Waals surface area contributed by atoms with Crippen LogP contribution >= 0.6 is 0 Å². The van der Waals surface area contributed by atoms with Crippen LogP contribution in [0.4, 0.5) is 79.0 Å². The van der Waals surface area contributed by atoms with Crippen LogP contribution in [0.25, 0.3) is 0 Å². The Hall–Kier alpha value is -13.1. The van der Waals surface area contributed by atoms with Crippen molar-refractivity contribution >= 4 is 58.9 Å². The van der Waals surface area contributed by atoms with E-state index in [1.165, 1.54) is 55.9 Å². The number of benzene rings is 6. The molecule has 0 radical (unpaired) electrons. The fourth-order valence-corrected chi connectivity index (χ4v) is 24.0. The Labute approximate surface area is 835 Å².